The van der Waals surface area contributed by atoms with Crippen LogP contribution in [0, 0.1) is 0 Å². The summed E-state index contributed by atoms with van der Waals surface area (Å²) >= 11 is 5.29. The van der Waals surface area contributed by atoms with E-state index in [1.165, 1.54) is 0 Å². The summed E-state index contributed by atoms with van der Waals surface area (Å²) in [6, 6.07) is 22.1. The van der Waals surface area contributed by atoms with Gasteiger partial charge in [0, 0.05) is 22.9 Å². The van der Waals surface area contributed by atoms with Crippen molar-refractivity contribution in [3.8, 4) is 17.2 Å². The molecule has 2 N–H and O–H groups in total. The minimum Gasteiger partial charge on any atom is -0.491 e. The molecule has 1 heterocycles. The molecule has 0 fully saturated rings. The standard InChI is InChI=1S/C24H21N3O3S/c1-15(2)29-19-11-8-16(9-12-19)22(28)27-24(31)25-18-10-13-20-21(14-18)30-23(26-20)17-6-4-3-5-7-17/h3-15H,1-2H3,(H2,25,27,28,31). The van der Waals surface area contributed by atoms with Gasteiger partial charge in [0.25, 0.3) is 5.91 Å². The van der Waals surface area contributed by atoms with Crippen LogP contribution in [0.2, 0.25) is 0 Å². The second-order valence-corrected chi connectivity index (χ2v) is 7.58. The number of nitrogens with zero attached hydrogens (tertiary/aromatic N) is 1. The van der Waals surface area contributed by atoms with Crippen molar-refractivity contribution in [3.63, 3.8) is 0 Å². The number of anilines is 1. The first-order valence-corrected chi connectivity index (χ1v) is 10.2. The van der Waals surface area contributed by atoms with Crippen molar-refractivity contribution in [2.45, 2.75) is 20.0 Å². The molecule has 0 aliphatic rings. The maximum Gasteiger partial charge on any atom is 0.257 e. The molecule has 0 saturated carbocycles. The van der Waals surface area contributed by atoms with Gasteiger partial charge in [-0.2, -0.15) is 0 Å². The molecule has 1 aromatic heterocycles. The summed E-state index contributed by atoms with van der Waals surface area (Å²) in [6.45, 7) is 3.90. The summed E-state index contributed by atoms with van der Waals surface area (Å²) in [5, 5.41) is 5.88. The van der Waals surface area contributed by atoms with Gasteiger partial charge in [-0.25, -0.2) is 4.98 Å². The van der Waals surface area contributed by atoms with Crippen molar-refractivity contribution in [3.05, 3.63) is 78.4 Å². The lowest BCUT2D eigenvalue weighted by Crippen LogP contribution is -2.34. The monoisotopic (exact) mass is 431 g/mol. The van der Waals surface area contributed by atoms with Crippen LogP contribution in [-0.2, 0) is 0 Å². The molecule has 31 heavy (non-hydrogen) atoms. The number of benzene rings is 3. The summed E-state index contributed by atoms with van der Waals surface area (Å²) in [4.78, 5) is 17.0. The fraction of sp³-hybridized carbons (Fsp3) is 0.125. The molecule has 156 valence electrons. The average molecular weight is 432 g/mol. The molecule has 3 aromatic carbocycles. The Morgan fingerprint density at radius 3 is 2.48 bits per heavy atom. The van der Waals surface area contributed by atoms with Gasteiger partial charge in [-0.1, -0.05) is 18.2 Å². The van der Waals surface area contributed by atoms with E-state index in [0.29, 0.717) is 28.5 Å². The highest BCUT2D eigenvalue weighted by atomic mass is 32.1. The van der Waals surface area contributed by atoms with Crippen LogP contribution in [0.15, 0.2) is 77.2 Å². The molecule has 0 aliphatic carbocycles. The van der Waals surface area contributed by atoms with Crippen LogP contribution in [-0.4, -0.2) is 22.1 Å². The molecule has 0 spiro atoms. The first kappa shape index (κ1) is 20.6. The number of ether oxygens (including phenoxy) is 1. The van der Waals surface area contributed by atoms with E-state index in [9.17, 15) is 4.79 Å². The number of nitrogens with one attached hydrogen (secondary N) is 2. The molecule has 7 heteroatoms. The third-order valence-corrected chi connectivity index (χ3v) is 4.59. The molecule has 4 aromatic rings. The zero-order chi connectivity index (χ0) is 21.8. The Labute approximate surface area is 185 Å². The summed E-state index contributed by atoms with van der Waals surface area (Å²) in [5.74, 6) is 0.955. The minimum atomic E-state index is -0.305. The largest absolute Gasteiger partial charge is 0.491 e. The van der Waals surface area contributed by atoms with Gasteiger partial charge < -0.3 is 14.5 Å². The highest BCUT2D eigenvalue weighted by Crippen LogP contribution is 2.26. The van der Waals surface area contributed by atoms with Gasteiger partial charge in [-0.15, -0.1) is 0 Å². The fourth-order valence-electron chi connectivity index (χ4n) is 3.00. The minimum absolute atomic E-state index is 0.0712. The zero-order valence-corrected chi connectivity index (χ0v) is 17.9. The summed E-state index contributed by atoms with van der Waals surface area (Å²) in [7, 11) is 0. The number of hydrogen-bond donors (Lipinski definition) is 2. The number of aromatic nitrogens is 1. The molecule has 0 bridgehead atoms. The molecule has 0 atom stereocenters. The second-order valence-electron chi connectivity index (χ2n) is 7.17. The Morgan fingerprint density at radius 1 is 1.03 bits per heavy atom. The molecule has 0 aliphatic heterocycles. The van der Waals surface area contributed by atoms with Gasteiger partial charge >= 0.3 is 0 Å². The molecular weight excluding hydrogens is 410 g/mol. The van der Waals surface area contributed by atoms with Crippen molar-refractivity contribution in [1.82, 2.24) is 10.3 Å². The van der Waals surface area contributed by atoms with Crippen LogP contribution in [0.25, 0.3) is 22.6 Å². The first-order chi connectivity index (χ1) is 15.0. The SMILES string of the molecule is CC(C)Oc1ccc(C(=O)NC(=S)Nc2ccc3nc(-c4ccccc4)oc3c2)cc1. The predicted molar refractivity (Wildman–Crippen MR) is 125 cm³/mol. The number of rotatable bonds is 5. The van der Waals surface area contributed by atoms with Gasteiger partial charge in [0.15, 0.2) is 10.7 Å². The normalized spacial score (nSPS) is 10.8. The summed E-state index contributed by atoms with van der Waals surface area (Å²) in [6.07, 6.45) is 0.0712. The highest BCUT2D eigenvalue weighted by Gasteiger charge is 2.11. The van der Waals surface area contributed by atoms with E-state index in [1.807, 2.05) is 56.3 Å². The van der Waals surface area contributed by atoms with Crippen molar-refractivity contribution in [2.24, 2.45) is 0 Å². The van der Waals surface area contributed by atoms with Crippen molar-refractivity contribution >= 4 is 40.0 Å². The predicted octanol–water partition coefficient (Wildman–Crippen LogP) is 5.41. The van der Waals surface area contributed by atoms with E-state index >= 15 is 0 Å². The third-order valence-electron chi connectivity index (χ3n) is 4.38. The Balaban J connectivity index is 1.41. The number of carbonyl (C=O) groups excluding carboxylic acids is 1. The third kappa shape index (κ3) is 5.07. The van der Waals surface area contributed by atoms with E-state index in [-0.39, 0.29) is 17.1 Å². The van der Waals surface area contributed by atoms with Crippen LogP contribution < -0.4 is 15.4 Å². The van der Waals surface area contributed by atoms with E-state index in [4.69, 9.17) is 21.4 Å². The van der Waals surface area contributed by atoms with E-state index in [0.717, 1.165) is 11.1 Å². The maximum absolute atomic E-state index is 12.4. The van der Waals surface area contributed by atoms with Crippen LogP contribution in [0.1, 0.15) is 24.2 Å². The maximum atomic E-state index is 12.4. The molecule has 4 rings (SSSR count). The van der Waals surface area contributed by atoms with Gasteiger partial charge in [0.2, 0.25) is 5.89 Å². The Kier molecular flexibility index (Phi) is 5.95. The fourth-order valence-corrected chi connectivity index (χ4v) is 3.21. The van der Waals surface area contributed by atoms with E-state index < -0.39 is 0 Å². The number of oxazole rings is 1. The zero-order valence-electron chi connectivity index (χ0n) is 17.1. The number of thiocarbonyl (C=S) groups is 1. The first-order valence-electron chi connectivity index (χ1n) is 9.83. The second kappa shape index (κ2) is 8.97. The molecule has 0 unspecified atom stereocenters. The Hall–Kier alpha value is -3.71. The van der Waals surface area contributed by atoms with Gasteiger partial charge in [-0.05, 0) is 74.6 Å². The van der Waals surface area contributed by atoms with Crippen molar-refractivity contribution in [1.29, 1.82) is 0 Å². The van der Waals surface area contributed by atoms with Crippen molar-refractivity contribution in [2.75, 3.05) is 5.32 Å². The lowest BCUT2D eigenvalue weighted by molar-refractivity contribution is 0.0977. The summed E-state index contributed by atoms with van der Waals surface area (Å²) in [5.41, 5.74) is 3.44. The Bertz CT molecular complexity index is 1220. The molecule has 0 radical (unpaired) electrons. The molecule has 6 nitrogen and oxygen atoms in total. The van der Waals surface area contributed by atoms with Gasteiger partial charge in [0.05, 0.1) is 6.10 Å². The van der Waals surface area contributed by atoms with Crippen LogP contribution in [0.5, 0.6) is 5.75 Å². The molecule has 0 saturated heterocycles. The van der Waals surface area contributed by atoms with Crippen LogP contribution in [0.4, 0.5) is 5.69 Å². The smallest absolute Gasteiger partial charge is 0.257 e. The van der Waals surface area contributed by atoms with E-state index in [2.05, 4.69) is 15.6 Å². The number of hydrogen-bond acceptors (Lipinski definition) is 5. The quantitative estimate of drug-likeness (QED) is 0.412. The van der Waals surface area contributed by atoms with E-state index in [1.54, 1.807) is 30.3 Å². The number of amides is 1. The topological polar surface area (TPSA) is 76.4 Å². The lowest BCUT2D eigenvalue weighted by Gasteiger charge is -2.11. The molecule has 1 amide bonds. The number of fused-ring (bicyclic) bond motifs is 1. The number of carbonyl (C=O) groups is 1. The van der Waals surface area contributed by atoms with Crippen molar-refractivity contribution < 1.29 is 13.9 Å². The lowest BCUT2D eigenvalue weighted by atomic mass is 10.2. The van der Waals surface area contributed by atoms with Crippen LogP contribution in [0.3, 0.4) is 0 Å². The summed E-state index contributed by atoms with van der Waals surface area (Å²) < 4.78 is 11.5. The van der Waals surface area contributed by atoms with Gasteiger partial charge in [0.1, 0.15) is 11.3 Å². The molecular formula is C24H21N3O3S. The van der Waals surface area contributed by atoms with Crippen LogP contribution >= 0.6 is 12.2 Å². The highest BCUT2D eigenvalue weighted by molar-refractivity contribution is 7.80. The van der Waals surface area contributed by atoms with Gasteiger partial charge in [-0.3, -0.25) is 10.1 Å². The Morgan fingerprint density at radius 2 is 1.77 bits per heavy atom. The average Bonchev–Trinajstić information content (AvgIpc) is 3.18.